The first-order valence-electron chi connectivity index (χ1n) is 8.24. The van der Waals surface area contributed by atoms with Crippen LogP contribution in [-0.2, 0) is 31.1 Å². The fourth-order valence-electron chi connectivity index (χ4n) is 3.31. The second-order valence-electron chi connectivity index (χ2n) is 6.38. The maximum absolute atomic E-state index is 2.40. The number of rotatable bonds is 4. The van der Waals surface area contributed by atoms with Crippen LogP contribution in [0.25, 0.3) is 17.2 Å². The van der Waals surface area contributed by atoms with Crippen molar-refractivity contribution in [2.75, 3.05) is 0 Å². The Morgan fingerprint density at radius 3 is 2.41 bits per heavy atom. The molecule has 0 amide bonds. The van der Waals surface area contributed by atoms with Gasteiger partial charge in [-0.25, -0.2) is 0 Å². The van der Waals surface area contributed by atoms with E-state index in [4.69, 9.17) is 0 Å². The van der Waals surface area contributed by atoms with Crippen LogP contribution in [0.3, 0.4) is 0 Å². The molecule has 0 bridgehead atoms. The van der Waals surface area contributed by atoms with Gasteiger partial charge in [-0.1, -0.05) is 0 Å². The molecular weight excluding hydrogens is 343 g/mol. The van der Waals surface area contributed by atoms with Gasteiger partial charge in [0.15, 0.2) is 0 Å². The van der Waals surface area contributed by atoms with E-state index in [-0.39, 0.29) is 0 Å². The predicted molar refractivity (Wildman–Crippen MR) is 91.6 cm³/mol. The summed E-state index contributed by atoms with van der Waals surface area (Å²) in [5.41, 5.74) is 10.2. The molecule has 0 N–H and O–H groups in total. The molecule has 111 valence electrons. The summed E-state index contributed by atoms with van der Waals surface area (Å²) in [6.45, 7) is 6.78. The fourth-order valence-corrected chi connectivity index (χ4v) is 4.45. The second-order valence-corrected chi connectivity index (χ2v) is 7.80. The maximum atomic E-state index is 2.40. The van der Waals surface area contributed by atoms with Crippen molar-refractivity contribution in [2.24, 2.45) is 0 Å². The Kier molecular flexibility index (Phi) is 4.83. The van der Waals surface area contributed by atoms with Gasteiger partial charge in [-0.3, -0.25) is 0 Å². The average molecular weight is 367 g/mol. The van der Waals surface area contributed by atoms with Crippen LogP contribution in [0.15, 0.2) is 42.0 Å². The summed E-state index contributed by atoms with van der Waals surface area (Å²) in [6.07, 6.45) is 6.14. The Labute approximate surface area is 149 Å². The van der Waals surface area contributed by atoms with Crippen LogP contribution in [-0.4, -0.2) is 0 Å². The van der Waals surface area contributed by atoms with Crippen LogP contribution >= 0.6 is 0 Å². The van der Waals surface area contributed by atoms with Crippen molar-refractivity contribution in [2.45, 2.75) is 43.7 Å². The molecule has 0 aliphatic heterocycles. The molecule has 3 rings (SSSR count). The van der Waals surface area contributed by atoms with Gasteiger partial charge in [-0.15, -0.1) is 0 Å². The van der Waals surface area contributed by atoms with Gasteiger partial charge in [-0.2, -0.15) is 0 Å². The molecule has 0 saturated carbocycles. The Morgan fingerprint density at radius 1 is 1.00 bits per heavy atom. The first kappa shape index (κ1) is 15.9. The summed E-state index contributed by atoms with van der Waals surface area (Å²) >= 11 is 1.60. The molecule has 0 aromatic heterocycles. The first-order chi connectivity index (χ1) is 10.6. The van der Waals surface area contributed by atoms with Crippen molar-refractivity contribution in [1.29, 1.82) is 0 Å². The van der Waals surface area contributed by atoms with Crippen molar-refractivity contribution in [3.63, 3.8) is 0 Å². The van der Waals surface area contributed by atoms with Gasteiger partial charge in [0.1, 0.15) is 0 Å². The molecule has 1 aliphatic carbocycles. The van der Waals surface area contributed by atoms with Gasteiger partial charge in [-0.05, 0) is 0 Å². The van der Waals surface area contributed by atoms with Gasteiger partial charge < -0.3 is 0 Å². The molecule has 1 heteroatoms. The summed E-state index contributed by atoms with van der Waals surface area (Å²) in [7, 11) is 0. The first-order valence-corrected chi connectivity index (χ1v) is 9.66. The Bertz CT molecular complexity index is 707. The average Bonchev–Trinajstić information content (AvgIpc) is 2.83. The molecule has 1 unspecified atom stereocenters. The molecule has 0 heterocycles. The van der Waals surface area contributed by atoms with Crippen molar-refractivity contribution in [1.82, 2.24) is 0 Å². The fraction of sp³-hybridized carbons (Fsp3) is 0.333. The van der Waals surface area contributed by atoms with E-state index in [2.05, 4.69) is 63.2 Å². The monoisotopic (exact) mass is 365 g/mol. The van der Waals surface area contributed by atoms with E-state index in [9.17, 15) is 0 Å². The van der Waals surface area contributed by atoms with Crippen molar-refractivity contribution in [3.8, 4) is 11.1 Å². The standard InChI is InChI=1S/C21H23.Zr/c1-4-5-6-17-8-10-18(11-9-17)19-12-7-16(3)20-13-15(2)14-21(19)20;/h7-14H,4-6H2,1-3H3;. The van der Waals surface area contributed by atoms with Gasteiger partial charge >= 0.3 is 150 Å². The zero-order chi connectivity index (χ0) is 15.7. The zero-order valence-corrected chi connectivity index (χ0v) is 16.2. The van der Waals surface area contributed by atoms with E-state index in [1.54, 1.807) is 30.3 Å². The minimum atomic E-state index is 0.644. The normalized spacial score (nSPS) is 16.5. The van der Waals surface area contributed by atoms with Crippen LogP contribution in [0, 0.1) is 6.92 Å². The Hall–Kier alpha value is -0.937. The summed E-state index contributed by atoms with van der Waals surface area (Å²) in [4.78, 5) is 0. The van der Waals surface area contributed by atoms with Gasteiger partial charge in [0.25, 0.3) is 0 Å². The molecular formula is C21H23Zr. The van der Waals surface area contributed by atoms with E-state index in [0.29, 0.717) is 3.63 Å². The molecule has 2 aromatic carbocycles. The molecule has 1 atom stereocenters. The summed E-state index contributed by atoms with van der Waals surface area (Å²) in [5, 5.41) is 0. The number of hydrogen-bond donors (Lipinski definition) is 0. The second kappa shape index (κ2) is 6.67. The Morgan fingerprint density at radius 2 is 1.73 bits per heavy atom. The number of allylic oxidation sites excluding steroid dienone is 1. The number of fused-ring (bicyclic) bond motifs is 1. The molecule has 0 nitrogen and oxygen atoms in total. The molecule has 0 saturated heterocycles. The van der Waals surface area contributed by atoms with E-state index in [1.807, 2.05) is 0 Å². The number of aryl methyl sites for hydroxylation is 2. The van der Waals surface area contributed by atoms with E-state index in [0.717, 1.165) is 0 Å². The third-order valence-corrected chi connectivity index (χ3v) is 6.53. The molecule has 0 spiro atoms. The van der Waals surface area contributed by atoms with Gasteiger partial charge in [0, 0.05) is 0 Å². The minimum absolute atomic E-state index is 0.644. The molecule has 2 aromatic rings. The topological polar surface area (TPSA) is 0 Å². The van der Waals surface area contributed by atoms with Crippen molar-refractivity contribution >= 4 is 6.08 Å². The van der Waals surface area contributed by atoms with Crippen LogP contribution in [0.5, 0.6) is 0 Å². The van der Waals surface area contributed by atoms with Gasteiger partial charge in [0.05, 0.1) is 0 Å². The number of hydrogen-bond acceptors (Lipinski definition) is 0. The van der Waals surface area contributed by atoms with E-state index < -0.39 is 0 Å². The third kappa shape index (κ3) is 2.93. The van der Waals surface area contributed by atoms with Crippen LogP contribution in [0.4, 0.5) is 0 Å². The van der Waals surface area contributed by atoms with Crippen molar-refractivity contribution in [3.05, 3.63) is 64.2 Å². The van der Waals surface area contributed by atoms with Crippen LogP contribution in [0.1, 0.15) is 52.6 Å². The molecule has 0 radical (unpaired) electrons. The van der Waals surface area contributed by atoms with Crippen LogP contribution < -0.4 is 0 Å². The summed E-state index contributed by atoms with van der Waals surface area (Å²) in [5.74, 6) is 0. The molecule has 1 aliphatic rings. The Balaban J connectivity index is 2.00. The third-order valence-electron chi connectivity index (χ3n) is 4.71. The van der Waals surface area contributed by atoms with Gasteiger partial charge in [0.2, 0.25) is 0 Å². The van der Waals surface area contributed by atoms with E-state index >= 15 is 0 Å². The molecule has 22 heavy (non-hydrogen) atoms. The van der Waals surface area contributed by atoms with Crippen LogP contribution in [0.2, 0.25) is 0 Å². The number of unbranched alkanes of at least 4 members (excludes halogenated alkanes) is 1. The quantitative estimate of drug-likeness (QED) is 0.621. The summed E-state index contributed by atoms with van der Waals surface area (Å²) in [6, 6.07) is 13.8. The SMILES string of the molecule is CCCCc1ccc(-c2ccc(C)c3c2C=C(C)[CH]3[Zr])cc1. The predicted octanol–water partition coefficient (Wildman–Crippen LogP) is 6.01. The van der Waals surface area contributed by atoms with Crippen molar-refractivity contribution < 1.29 is 24.7 Å². The van der Waals surface area contributed by atoms with E-state index in [1.165, 1.54) is 52.7 Å². The zero-order valence-electron chi connectivity index (χ0n) is 13.7. The molecule has 0 fully saturated rings. The number of benzene rings is 2. The summed E-state index contributed by atoms with van der Waals surface area (Å²) < 4.78 is 0.644.